The van der Waals surface area contributed by atoms with E-state index < -0.39 is 18.1 Å². The number of nitrogens with one attached hydrogen (secondary N) is 1. The van der Waals surface area contributed by atoms with Gasteiger partial charge in [0.2, 0.25) is 5.91 Å². The summed E-state index contributed by atoms with van der Waals surface area (Å²) < 4.78 is 0. The summed E-state index contributed by atoms with van der Waals surface area (Å²) in [6.45, 7) is 11.3. The Labute approximate surface area is 172 Å². The Morgan fingerprint density at radius 3 is 2.25 bits per heavy atom. The van der Waals surface area contributed by atoms with Gasteiger partial charge in [-0.1, -0.05) is 59.3 Å². The SMILES string of the molecule is CCCCC1CC(C)N(C(=O)C(C)NC(CCC(CCC)CCC)C(=O)O)C1. The van der Waals surface area contributed by atoms with Crippen molar-refractivity contribution in [1.82, 2.24) is 10.2 Å². The average molecular weight is 397 g/mol. The number of carbonyl (C=O) groups excluding carboxylic acids is 1. The zero-order chi connectivity index (χ0) is 21.1. The van der Waals surface area contributed by atoms with Crippen LogP contribution in [-0.4, -0.2) is 46.6 Å². The lowest BCUT2D eigenvalue weighted by atomic mass is 9.91. The van der Waals surface area contributed by atoms with Gasteiger partial charge < -0.3 is 10.0 Å². The van der Waals surface area contributed by atoms with Crippen LogP contribution < -0.4 is 5.32 Å². The molecule has 1 heterocycles. The van der Waals surface area contributed by atoms with Crippen LogP contribution in [0.15, 0.2) is 0 Å². The van der Waals surface area contributed by atoms with E-state index in [2.05, 4.69) is 33.0 Å². The molecule has 0 aromatic heterocycles. The second kappa shape index (κ2) is 13.2. The molecule has 0 aliphatic carbocycles. The summed E-state index contributed by atoms with van der Waals surface area (Å²) in [5, 5.41) is 12.8. The van der Waals surface area contributed by atoms with Crippen LogP contribution in [0.25, 0.3) is 0 Å². The fraction of sp³-hybridized carbons (Fsp3) is 0.913. The minimum Gasteiger partial charge on any atom is -0.480 e. The summed E-state index contributed by atoms with van der Waals surface area (Å²) in [5.41, 5.74) is 0. The first-order valence-corrected chi connectivity index (χ1v) is 11.6. The van der Waals surface area contributed by atoms with Crippen molar-refractivity contribution in [2.24, 2.45) is 11.8 Å². The molecule has 4 unspecified atom stereocenters. The van der Waals surface area contributed by atoms with Gasteiger partial charge >= 0.3 is 5.97 Å². The number of rotatable bonds is 14. The number of amides is 1. The lowest BCUT2D eigenvalue weighted by molar-refractivity contribution is -0.141. The molecule has 1 fully saturated rings. The van der Waals surface area contributed by atoms with Crippen LogP contribution in [-0.2, 0) is 9.59 Å². The predicted molar refractivity (Wildman–Crippen MR) is 115 cm³/mol. The summed E-state index contributed by atoms with van der Waals surface area (Å²) in [5.74, 6) is 0.380. The van der Waals surface area contributed by atoms with Crippen LogP contribution >= 0.6 is 0 Å². The molecular weight excluding hydrogens is 352 g/mol. The Kier molecular flexibility index (Phi) is 11.7. The highest BCUT2D eigenvalue weighted by Gasteiger charge is 2.35. The topological polar surface area (TPSA) is 69.6 Å². The van der Waals surface area contributed by atoms with Gasteiger partial charge in [0.15, 0.2) is 0 Å². The van der Waals surface area contributed by atoms with E-state index in [0.717, 1.165) is 45.1 Å². The van der Waals surface area contributed by atoms with Crippen LogP contribution in [0, 0.1) is 11.8 Å². The first-order valence-electron chi connectivity index (χ1n) is 11.6. The molecule has 5 nitrogen and oxygen atoms in total. The highest BCUT2D eigenvalue weighted by atomic mass is 16.4. The van der Waals surface area contributed by atoms with Crippen LogP contribution in [0.1, 0.15) is 98.8 Å². The number of carboxylic acids is 1. The molecule has 0 aromatic carbocycles. The van der Waals surface area contributed by atoms with Crippen molar-refractivity contribution in [2.45, 2.75) is 117 Å². The predicted octanol–water partition coefficient (Wildman–Crippen LogP) is 4.84. The van der Waals surface area contributed by atoms with E-state index >= 15 is 0 Å². The Balaban J connectivity index is 2.59. The maximum absolute atomic E-state index is 12.9. The summed E-state index contributed by atoms with van der Waals surface area (Å²) in [6.07, 6.45) is 10.7. The lowest BCUT2D eigenvalue weighted by Gasteiger charge is -2.28. The molecule has 5 heteroatoms. The van der Waals surface area contributed by atoms with E-state index in [1.807, 2.05) is 11.8 Å². The number of hydrogen-bond donors (Lipinski definition) is 2. The second-order valence-electron chi connectivity index (χ2n) is 8.88. The summed E-state index contributed by atoms with van der Waals surface area (Å²) in [7, 11) is 0. The van der Waals surface area contributed by atoms with E-state index in [1.165, 1.54) is 19.3 Å². The maximum atomic E-state index is 12.9. The van der Waals surface area contributed by atoms with Crippen LogP contribution in [0.5, 0.6) is 0 Å². The van der Waals surface area contributed by atoms with E-state index in [4.69, 9.17) is 0 Å². The standard InChI is InChI=1S/C23H44N2O3/c1-6-9-12-20-15-17(4)25(16-20)22(26)18(5)24-21(23(27)28)14-13-19(10-7-2)11-8-3/h17-21,24H,6-16H2,1-5H3,(H,27,28). The van der Waals surface area contributed by atoms with Crippen LogP contribution in [0.3, 0.4) is 0 Å². The molecule has 1 saturated heterocycles. The fourth-order valence-electron chi connectivity index (χ4n) is 4.70. The van der Waals surface area contributed by atoms with Gasteiger partial charge in [-0.05, 0) is 51.4 Å². The third-order valence-electron chi connectivity index (χ3n) is 6.29. The second-order valence-corrected chi connectivity index (χ2v) is 8.88. The number of carbonyl (C=O) groups is 2. The molecule has 28 heavy (non-hydrogen) atoms. The fourth-order valence-corrected chi connectivity index (χ4v) is 4.70. The van der Waals surface area contributed by atoms with E-state index in [-0.39, 0.29) is 11.9 Å². The molecule has 1 aliphatic heterocycles. The van der Waals surface area contributed by atoms with E-state index in [9.17, 15) is 14.7 Å². The molecule has 2 N–H and O–H groups in total. The van der Waals surface area contributed by atoms with Crippen molar-refractivity contribution < 1.29 is 14.7 Å². The van der Waals surface area contributed by atoms with Crippen molar-refractivity contribution in [3.63, 3.8) is 0 Å². The van der Waals surface area contributed by atoms with Gasteiger partial charge in [-0.15, -0.1) is 0 Å². The highest BCUT2D eigenvalue weighted by Crippen LogP contribution is 2.28. The van der Waals surface area contributed by atoms with Crippen LogP contribution in [0.4, 0.5) is 0 Å². The monoisotopic (exact) mass is 396 g/mol. The minimum absolute atomic E-state index is 0.0522. The van der Waals surface area contributed by atoms with Crippen molar-refractivity contribution >= 4 is 11.9 Å². The van der Waals surface area contributed by atoms with Gasteiger partial charge in [0, 0.05) is 12.6 Å². The molecular formula is C23H44N2O3. The quantitative estimate of drug-likeness (QED) is 0.441. The van der Waals surface area contributed by atoms with Crippen molar-refractivity contribution in [3.8, 4) is 0 Å². The number of aliphatic carboxylic acids is 1. The first kappa shape index (κ1) is 24.9. The molecule has 0 radical (unpaired) electrons. The number of nitrogens with zero attached hydrogens (tertiary/aromatic N) is 1. The molecule has 0 aromatic rings. The molecule has 1 aliphatic rings. The smallest absolute Gasteiger partial charge is 0.320 e. The Morgan fingerprint density at radius 1 is 1.07 bits per heavy atom. The average Bonchev–Trinajstić information content (AvgIpc) is 3.03. The normalized spacial score (nSPS) is 21.9. The lowest BCUT2D eigenvalue weighted by Crippen LogP contribution is -2.51. The Morgan fingerprint density at radius 2 is 1.71 bits per heavy atom. The largest absolute Gasteiger partial charge is 0.480 e. The zero-order valence-electron chi connectivity index (χ0n) is 18.9. The van der Waals surface area contributed by atoms with Gasteiger partial charge in [-0.3, -0.25) is 14.9 Å². The van der Waals surface area contributed by atoms with Gasteiger partial charge in [0.1, 0.15) is 6.04 Å². The highest BCUT2D eigenvalue weighted by molar-refractivity contribution is 5.83. The molecule has 0 spiro atoms. The van der Waals surface area contributed by atoms with Gasteiger partial charge in [-0.2, -0.15) is 0 Å². The Hall–Kier alpha value is -1.10. The summed E-state index contributed by atoms with van der Waals surface area (Å²) >= 11 is 0. The van der Waals surface area contributed by atoms with Crippen molar-refractivity contribution in [2.75, 3.05) is 6.54 Å². The summed E-state index contributed by atoms with van der Waals surface area (Å²) in [6, 6.07) is -0.853. The Bertz CT molecular complexity index is 463. The van der Waals surface area contributed by atoms with E-state index in [0.29, 0.717) is 18.3 Å². The molecule has 164 valence electrons. The molecule has 0 saturated carbocycles. The van der Waals surface area contributed by atoms with Crippen LogP contribution in [0.2, 0.25) is 0 Å². The number of carboxylic acid groups (broad SMARTS) is 1. The number of unbranched alkanes of at least 4 members (excludes halogenated alkanes) is 1. The number of likely N-dealkylation sites (tertiary alicyclic amines) is 1. The van der Waals surface area contributed by atoms with Gasteiger partial charge in [0.25, 0.3) is 0 Å². The van der Waals surface area contributed by atoms with Crippen molar-refractivity contribution in [1.29, 1.82) is 0 Å². The third-order valence-corrected chi connectivity index (χ3v) is 6.29. The van der Waals surface area contributed by atoms with E-state index in [1.54, 1.807) is 0 Å². The minimum atomic E-state index is -0.846. The third kappa shape index (κ3) is 8.10. The molecule has 0 bridgehead atoms. The molecule has 4 atom stereocenters. The van der Waals surface area contributed by atoms with Gasteiger partial charge in [0.05, 0.1) is 6.04 Å². The number of hydrogen-bond acceptors (Lipinski definition) is 3. The van der Waals surface area contributed by atoms with Crippen molar-refractivity contribution in [3.05, 3.63) is 0 Å². The van der Waals surface area contributed by atoms with Gasteiger partial charge in [-0.25, -0.2) is 0 Å². The molecule has 1 rings (SSSR count). The maximum Gasteiger partial charge on any atom is 0.320 e. The molecule has 1 amide bonds. The first-order chi connectivity index (χ1) is 13.3. The summed E-state index contributed by atoms with van der Waals surface area (Å²) in [4.78, 5) is 26.7. The zero-order valence-corrected chi connectivity index (χ0v) is 18.9.